The quantitative estimate of drug-likeness (QED) is 0.597. The molecule has 5 heteroatoms. The predicted octanol–water partition coefficient (Wildman–Crippen LogP) is 4.20. The van der Waals surface area contributed by atoms with Gasteiger partial charge < -0.3 is 10.1 Å². The van der Waals surface area contributed by atoms with Crippen LogP contribution in [0, 0.1) is 11.3 Å². The number of nitrogens with zero attached hydrogens (tertiary/aromatic N) is 1. The number of amides is 1. The van der Waals surface area contributed by atoms with Crippen molar-refractivity contribution < 1.29 is 9.53 Å². The molecule has 4 nitrogen and oxygen atoms in total. The summed E-state index contributed by atoms with van der Waals surface area (Å²) >= 11 is 3.42. The Kier molecular flexibility index (Phi) is 6.66. The number of carbonyl (C=O) groups is 1. The number of ether oxygens (including phenoxy) is 1. The van der Waals surface area contributed by atoms with Crippen molar-refractivity contribution in [3.05, 3.63) is 33.8 Å². The summed E-state index contributed by atoms with van der Waals surface area (Å²) in [6.07, 6.45) is 6.75. The average Bonchev–Trinajstić information content (AvgIpc) is 3.04. The molecule has 0 unspecified atom stereocenters. The lowest BCUT2D eigenvalue weighted by molar-refractivity contribution is -0.117. The third-order valence-corrected chi connectivity index (χ3v) is 4.28. The van der Waals surface area contributed by atoms with Crippen molar-refractivity contribution in [3.8, 4) is 11.8 Å². The minimum atomic E-state index is -0.305. The van der Waals surface area contributed by atoms with Crippen LogP contribution in [-0.4, -0.2) is 18.6 Å². The van der Waals surface area contributed by atoms with Crippen molar-refractivity contribution in [2.24, 2.45) is 0 Å². The molecule has 1 N–H and O–H groups in total. The van der Waals surface area contributed by atoms with Crippen LogP contribution in [0.1, 0.15) is 44.6 Å². The summed E-state index contributed by atoms with van der Waals surface area (Å²) in [6.45, 7) is 2.63. The average molecular weight is 377 g/mol. The molecule has 0 heterocycles. The topological polar surface area (TPSA) is 62.1 Å². The summed E-state index contributed by atoms with van der Waals surface area (Å²) in [6, 6.07) is 7.77. The lowest BCUT2D eigenvalue weighted by atomic mass is 10.1. The molecule has 2 rings (SSSR count). The third kappa shape index (κ3) is 5.11. The first kappa shape index (κ1) is 17.6. The van der Waals surface area contributed by atoms with E-state index in [1.165, 1.54) is 0 Å². The first-order valence-electron chi connectivity index (χ1n) is 7.99. The van der Waals surface area contributed by atoms with Crippen molar-refractivity contribution in [3.63, 3.8) is 0 Å². The number of hydrogen-bond donors (Lipinski definition) is 1. The number of nitrogens with one attached hydrogen (secondary N) is 1. The molecule has 0 bridgehead atoms. The van der Waals surface area contributed by atoms with Crippen molar-refractivity contribution in [2.45, 2.75) is 45.1 Å². The Labute approximate surface area is 145 Å². The maximum absolute atomic E-state index is 12.3. The second kappa shape index (κ2) is 8.73. The van der Waals surface area contributed by atoms with E-state index >= 15 is 0 Å². The molecule has 1 aromatic carbocycles. The zero-order valence-electron chi connectivity index (χ0n) is 13.3. The van der Waals surface area contributed by atoms with Crippen LogP contribution in [0.5, 0.6) is 5.75 Å². The zero-order chi connectivity index (χ0) is 16.7. The number of halogens is 1. The van der Waals surface area contributed by atoms with E-state index < -0.39 is 0 Å². The van der Waals surface area contributed by atoms with Crippen molar-refractivity contribution >= 4 is 27.9 Å². The summed E-state index contributed by atoms with van der Waals surface area (Å²) in [5.74, 6) is 0.372. The van der Waals surface area contributed by atoms with Crippen LogP contribution in [0.3, 0.4) is 0 Å². The van der Waals surface area contributed by atoms with Gasteiger partial charge in [-0.05, 0) is 43.5 Å². The SMILES string of the molecule is CCCOc1ccc(Br)cc1C=C(C#N)C(=O)NC1CCCC1. The lowest BCUT2D eigenvalue weighted by Gasteiger charge is -2.12. The third-order valence-electron chi connectivity index (χ3n) is 3.79. The van der Waals surface area contributed by atoms with Gasteiger partial charge in [-0.1, -0.05) is 35.7 Å². The van der Waals surface area contributed by atoms with Crippen molar-refractivity contribution in [1.82, 2.24) is 5.32 Å². The largest absolute Gasteiger partial charge is 0.493 e. The van der Waals surface area contributed by atoms with Crippen LogP contribution in [0.25, 0.3) is 6.08 Å². The Hall–Kier alpha value is -1.80. The van der Waals surface area contributed by atoms with Crippen LogP contribution in [-0.2, 0) is 4.79 Å². The van der Waals surface area contributed by atoms with E-state index in [2.05, 4.69) is 21.2 Å². The van der Waals surface area contributed by atoms with E-state index in [0.29, 0.717) is 12.4 Å². The number of nitriles is 1. The highest BCUT2D eigenvalue weighted by Crippen LogP contribution is 2.26. The van der Waals surface area contributed by atoms with E-state index in [-0.39, 0.29) is 17.5 Å². The van der Waals surface area contributed by atoms with Crippen LogP contribution < -0.4 is 10.1 Å². The minimum Gasteiger partial charge on any atom is -0.493 e. The number of rotatable bonds is 6. The molecule has 1 saturated carbocycles. The van der Waals surface area contributed by atoms with Crippen molar-refractivity contribution in [2.75, 3.05) is 6.61 Å². The van der Waals surface area contributed by atoms with Gasteiger partial charge in [0, 0.05) is 16.1 Å². The van der Waals surface area contributed by atoms with E-state index in [0.717, 1.165) is 42.1 Å². The van der Waals surface area contributed by atoms with Gasteiger partial charge in [-0.25, -0.2) is 0 Å². The van der Waals surface area contributed by atoms with Gasteiger partial charge >= 0.3 is 0 Å². The Morgan fingerprint density at radius 1 is 1.48 bits per heavy atom. The fourth-order valence-corrected chi connectivity index (χ4v) is 2.99. The summed E-state index contributed by atoms with van der Waals surface area (Å²) in [5, 5.41) is 12.3. The fraction of sp³-hybridized carbons (Fsp3) is 0.444. The Morgan fingerprint density at radius 3 is 2.87 bits per heavy atom. The molecule has 0 radical (unpaired) electrons. The molecule has 1 aromatic rings. The minimum absolute atomic E-state index is 0.108. The Bertz CT molecular complexity index is 628. The summed E-state index contributed by atoms with van der Waals surface area (Å²) < 4.78 is 6.57. The molecule has 0 aromatic heterocycles. The summed E-state index contributed by atoms with van der Waals surface area (Å²) in [5.41, 5.74) is 0.835. The van der Waals surface area contributed by atoms with E-state index in [9.17, 15) is 10.1 Å². The molecule has 0 atom stereocenters. The van der Waals surface area contributed by atoms with Crippen LogP contribution >= 0.6 is 15.9 Å². The molecule has 0 aliphatic heterocycles. The van der Waals surface area contributed by atoms with E-state index in [1.807, 2.05) is 31.2 Å². The van der Waals surface area contributed by atoms with Gasteiger partial charge in [0.25, 0.3) is 5.91 Å². The molecule has 23 heavy (non-hydrogen) atoms. The van der Waals surface area contributed by atoms with E-state index in [4.69, 9.17) is 4.74 Å². The van der Waals surface area contributed by atoms with Gasteiger partial charge in [-0.2, -0.15) is 5.26 Å². The standard InChI is InChI=1S/C18H21BrN2O2/c1-2-9-23-17-8-7-15(19)11-13(17)10-14(12-20)18(22)21-16-5-3-4-6-16/h7-8,10-11,16H,2-6,9H2,1H3,(H,21,22). The highest BCUT2D eigenvalue weighted by Gasteiger charge is 2.19. The van der Waals surface area contributed by atoms with Gasteiger partial charge in [0.2, 0.25) is 0 Å². The molecule has 1 aliphatic carbocycles. The molecule has 122 valence electrons. The van der Waals surface area contributed by atoms with Gasteiger partial charge in [0.05, 0.1) is 6.61 Å². The Balaban J connectivity index is 2.20. The zero-order valence-corrected chi connectivity index (χ0v) is 14.9. The van der Waals surface area contributed by atoms with Crippen LogP contribution in [0.4, 0.5) is 0 Å². The van der Waals surface area contributed by atoms with Gasteiger partial charge in [-0.15, -0.1) is 0 Å². The van der Waals surface area contributed by atoms with Crippen LogP contribution in [0.15, 0.2) is 28.2 Å². The molecular formula is C18H21BrN2O2. The molecule has 1 amide bonds. The van der Waals surface area contributed by atoms with Gasteiger partial charge in [0.15, 0.2) is 0 Å². The second-order valence-corrected chi connectivity index (χ2v) is 6.57. The molecule has 0 spiro atoms. The second-order valence-electron chi connectivity index (χ2n) is 5.66. The lowest BCUT2D eigenvalue weighted by Crippen LogP contribution is -2.33. The molecule has 0 saturated heterocycles. The van der Waals surface area contributed by atoms with Gasteiger partial charge in [0.1, 0.15) is 17.4 Å². The summed E-state index contributed by atoms with van der Waals surface area (Å²) in [7, 11) is 0. The Morgan fingerprint density at radius 2 is 2.22 bits per heavy atom. The highest BCUT2D eigenvalue weighted by atomic mass is 79.9. The maximum atomic E-state index is 12.3. The normalized spacial score (nSPS) is 15.3. The smallest absolute Gasteiger partial charge is 0.262 e. The number of carbonyl (C=O) groups excluding carboxylic acids is 1. The first-order chi connectivity index (χ1) is 11.1. The van der Waals surface area contributed by atoms with E-state index in [1.54, 1.807) is 6.08 Å². The number of hydrogen-bond acceptors (Lipinski definition) is 3. The molecular weight excluding hydrogens is 356 g/mol. The number of benzene rings is 1. The molecule has 1 aliphatic rings. The van der Waals surface area contributed by atoms with Crippen molar-refractivity contribution in [1.29, 1.82) is 5.26 Å². The molecule has 1 fully saturated rings. The highest BCUT2D eigenvalue weighted by molar-refractivity contribution is 9.10. The van der Waals surface area contributed by atoms with Crippen LogP contribution in [0.2, 0.25) is 0 Å². The summed E-state index contributed by atoms with van der Waals surface area (Å²) in [4.78, 5) is 12.3. The predicted molar refractivity (Wildman–Crippen MR) is 93.9 cm³/mol. The maximum Gasteiger partial charge on any atom is 0.262 e. The monoisotopic (exact) mass is 376 g/mol. The first-order valence-corrected chi connectivity index (χ1v) is 8.78. The van der Waals surface area contributed by atoms with Gasteiger partial charge in [-0.3, -0.25) is 4.79 Å². The fourth-order valence-electron chi connectivity index (χ4n) is 2.61.